The van der Waals surface area contributed by atoms with Gasteiger partial charge in [0.2, 0.25) is 0 Å². The molecule has 1 atom stereocenters. The third kappa shape index (κ3) is 3.03. The van der Waals surface area contributed by atoms with Crippen molar-refractivity contribution in [1.29, 1.82) is 0 Å². The molecule has 1 fully saturated rings. The van der Waals surface area contributed by atoms with Crippen LogP contribution in [0.5, 0.6) is 0 Å². The second-order valence-electron chi connectivity index (χ2n) is 4.60. The van der Waals surface area contributed by atoms with Crippen LogP contribution in [0.1, 0.15) is 18.4 Å². The molecule has 0 amide bonds. The van der Waals surface area contributed by atoms with Crippen LogP contribution in [0, 0.1) is 11.7 Å². The summed E-state index contributed by atoms with van der Waals surface area (Å²) in [4.78, 5) is 2.39. The smallest absolute Gasteiger partial charge is 0.123 e. The van der Waals surface area contributed by atoms with Crippen molar-refractivity contribution < 1.29 is 4.39 Å². The van der Waals surface area contributed by atoms with Crippen LogP contribution in [0.25, 0.3) is 0 Å². The van der Waals surface area contributed by atoms with Gasteiger partial charge in [0.15, 0.2) is 0 Å². The van der Waals surface area contributed by atoms with Crippen LogP contribution in [0.15, 0.2) is 24.3 Å². The molecule has 0 aromatic heterocycles. The molecule has 82 valence electrons. The van der Waals surface area contributed by atoms with E-state index in [2.05, 4.69) is 11.9 Å². The van der Waals surface area contributed by atoms with Gasteiger partial charge in [-0.05, 0) is 56.5 Å². The Labute approximate surface area is 90.9 Å². The monoisotopic (exact) mass is 207 g/mol. The second-order valence-corrected chi connectivity index (χ2v) is 4.60. The fraction of sp³-hybridized carbons (Fsp3) is 0.538. The number of hydrogen-bond acceptors (Lipinski definition) is 1. The lowest BCUT2D eigenvalue weighted by molar-refractivity contribution is 0.209. The summed E-state index contributed by atoms with van der Waals surface area (Å²) in [7, 11) is 2.18. The summed E-state index contributed by atoms with van der Waals surface area (Å²) in [5, 5.41) is 0. The van der Waals surface area contributed by atoms with Crippen molar-refractivity contribution in [2.45, 2.75) is 19.3 Å². The van der Waals surface area contributed by atoms with Crippen molar-refractivity contribution in [1.82, 2.24) is 4.90 Å². The number of hydrogen-bond donors (Lipinski definition) is 0. The highest BCUT2D eigenvalue weighted by Gasteiger charge is 2.17. The summed E-state index contributed by atoms with van der Waals surface area (Å²) in [6.07, 6.45) is 3.69. The van der Waals surface area contributed by atoms with Crippen molar-refractivity contribution in [2.24, 2.45) is 5.92 Å². The van der Waals surface area contributed by atoms with Gasteiger partial charge in [-0.15, -0.1) is 0 Å². The minimum Gasteiger partial charge on any atom is -0.306 e. The van der Waals surface area contributed by atoms with Crippen molar-refractivity contribution in [3.05, 3.63) is 35.6 Å². The molecule has 1 aromatic carbocycles. The maximum absolute atomic E-state index is 12.7. The summed E-state index contributed by atoms with van der Waals surface area (Å²) in [5.74, 6) is 0.605. The van der Waals surface area contributed by atoms with Crippen molar-refractivity contribution >= 4 is 0 Å². The SMILES string of the molecule is CN1CCCC(Cc2ccc(F)cc2)C1. The van der Waals surface area contributed by atoms with Gasteiger partial charge in [-0.25, -0.2) is 4.39 Å². The molecule has 0 bridgehead atoms. The van der Waals surface area contributed by atoms with E-state index in [1.165, 1.54) is 31.5 Å². The van der Waals surface area contributed by atoms with Crippen LogP contribution in [0.2, 0.25) is 0 Å². The molecule has 1 nitrogen and oxygen atoms in total. The molecule has 1 aromatic rings. The van der Waals surface area contributed by atoms with Gasteiger partial charge in [0, 0.05) is 6.54 Å². The number of halogens is 1. The molecule has 15 heavy (non-hydrogen) atoms. The molecule has 1 heterocycles. The Morgan fingerprint density at radius 2 is 2.07 bits per heavy atom. The maximum Gasteiger partial charge on any atom is 0.123 e. The van der Waals surface area contributed by atoms with Crippen LogP contribution < -0.4 is 0 Å². The fourth-order valence-corrected chi connectivity index (χ4v) is 2.39. The molecule has 2 rings (SSSR count). The Bertz CT molecular complexity index is 307. The average Bonchev–Trinajstić information content (AvgIpc) is 2.22. The summed E-state index contributed by atoms with van der Waals surface area (Å²) >= 11 is 0. The van der Waals surface area contributed by atoms with E-state index < -0.39 is 0 Å². The highest BCUT2D eigenvalue weighted by molar-refractivity contribution is 5.16. The molecule has 2 heteroatoms. The fourth-order valence-electron chi connectivity index (χ4n) is 2.39. The summed E-state index contributed by atoms with van der Waals surface area (Å²) < 4.78 is 12.7. The van der Waals surface area contributed by atoms with Gasteiger partial charge in [-0.2, -0.15) is 0 Å². The molecule has 1 aliphatic rings. The Hall–Kier alpha value is -0.890. The van der Waals surface area contributed by atoms with Crippen molar-refractivity contribution in [3.63, 3.8) is 0 Å². The summed E-state index contributed by atoms with van der Waals surface area (Å²) in [6, 6.07) is 6.93. The molecule has 0 spiro atoms. The van der Waals surface area contributed by atoms with E-state index in [4.69, 9.17) is 0 Å². The zero-order chi connectivity index (χ0) is 10.7. The highest BCUT2D eigenvalue weighted by atomic mass is 19.1. The summed E-state index contributed by atoms with van der Waals surface area (Å²) in [6.45, 7) is 2.40. The Morgan fingerprint density at radius 3 is 2.73 bits per heavy atom. The number of likely N-dealkylation sites (tertiary alicyclic amines) is 1. The van der Waals surface area contributed by atoms with Gasteiger partial charge in [-0.1, -0.05) is 12.1 Å². The Morgan fingerprint density at radius 1 is 1.33 bits per heavy atom. The molecule has 1 aliphatic heterocycles. The second kappa shape index (κ2) is 4.75. The topological polar surface area (TPSA) is 3.24 Å². The molecular weight excluding hydrogens is 189 g/mol. The van der Waals surface area contributed by atoms with Gasteiger partial charge >= 0.3 is 0 Å². The molecule has 0 N–H and O–H groups in total. The first kappa shape index (κ1) is 10.6. The van der Waals surface area contributed by atoms with Gasteiger partial charge in [0.1, 0.15) is 5.82 Å². The molecule has 0 radical (unpaired) electrons. The molecular formula is C13H18FN. The Kier molecular flexibility index (Phi) is 3.37. The van der Waals surface area contributed by atoms with E-state index in [1.807, 2.05) is 12.1 Å². The predicted octanol–water partition coefficient (Wildman–Crippen LogP) is 2.71. The lowest BCUT2D eigenvalue weighted by atomic mass is 9.91. The number of piperidine rings is 1. The number of nitrogens with zero attached hydrogens (tertiary/aromatic N) is 1. The quantitative estimate of drug-likeness (QED) is 0.720. The van der Waals surface area contributed by atoms with Gasteiger partial charge in [0.25, 0.3) is 0 Å². The van der Waals surface area contributed by atoms with E-state index >= 15 is 0 Å². The van der Waals surface area contributed by atoms with Gasteiger partial charge < -0.3 is 4.90 Å². The molecule has 0 saturated carbocycles. The first-order chi connectivity index (χ1) is 7.24. The maximum atomic E-state index is 12.7. The van der Waals surface area contributed by atoms with E-state index in [-0.39, 0.29) is 5.82 Å². The minimum atomic E-state index is -0.139. The predicted molar refractivity (Wildman–Crippen MR) is 60.3 cm³/mol. The lowest BCUT2D eigenvalue weighted by Gasteiger charge is -2.29. The number of rotatable bonds is 2. The van der Waals surface area contributed by atoms with Gasteiger partial charge in [-0.3, -0.25) is 0 Å². The zero-order valence-corrected chi connectivity index (χ0v) is 9.25. The van der Waals surface area contributed by atoms with Crippen LogP contribution in [-0.4, -0.2) is 25.0 Å². The Balaban J connectivity index is 1.93. The molecule has 1 saturated heterocycles. The lowest BCUT2D eigenvalue weighted by Crippen LogP contribution is -2.32. The van der Waals surface area contributed by atoms with Crippen LogP contribution in [-0.2, 0) is 6.42 Å². The number of benzene rings is 1. The zero-order valence-electron chi connectivity index (χ0n) is 9.25. The average molecular weight is 207 g/mol. The van der Waals surface area contributed by atoms with Crippen LogP contribution >= 0.6 is 0 Å². The first-order valence-electron chi connectivity index (χ1n) is 5.67. The van der Waals surface area contributed by atoms with Gasteiger partial charge in [0.05, 0.1) is 0 Å². The third-order valence-corrected chi connectivity index (χ3v) is 3.16. The van der Waals surface area contributed by atoms with E-state index in [0.717, 1.165) is 12.3 Å². The molecule has 0 aliphatic carbocycles. The van der Waals surface area contributed by atoms with Crippen LogP contribution in [0.4, 0.5) is 4.39 Å². The highest BCUT2D eigenvalue weighted by Crippen LogP contribution is 2.19. The normalized spacial score (nSPS) is 22.9. The third-order valence-electron chi connectivity index (χ3n) is 3.16. The van der Waals surface area contributed by atoms with E-state index in [0.29, 0.717) is 0 Å². The standard InChI is InChI=1S/C13H18FN/c1-15-8-2-3-12(10-15)9-11-4-6-13(14)7-5-11/h4-7,12H,2-3,8-10H2,1H3. The van der Waals surface area contributed by atoms with Crippen molar-refractivity contribution in [2.75, 3.05) is 20.1 Å². The van der Waals surface area contributed by atoms with Crippen molar-refractivity contribution in [3.8, 4) is 0 Å². The first-order valence-corrected chi connectivity index (χ1v) is 5.67. The molecule has 1 unspecified atom stereocenters. The van der Waals surface area contributed by atoms with Crippen LogP contribution in [0.3, 0.4) is 0 Å². The van der Waals surface area contributed by atoms with E-state index in [1.54, 1.807) is 12.1 Å². The summed E-state index contributed by atoms with van der Waals surface area (Å²) in [5.41, 5.74) is 1.26. The largest absolute Gasteiger partial charge is 0.306 e. The van der Waals surface area contributed by atoms with E-state index in [9.17, 15) is 4.39 Å². The minimum absolute atomic E-state index is 0.139.